The van der Waals surface area contributed by atoms with E-state index >= 15 is 0 Å². The minimum absolute atomic E-state index is 0. The molecule has 1 rings (SSSR count). The average molecular weight is 201 g/mol. The molecule has 11 heavy (non-hydrogen) atoms. The maximum Gasteiger partial charge on any atom is 0.0215 e. The van der Waals surface area contributed by atoms with E-state index in [-0.39, 0.29) is 24.8 Å². The third kappa shape index (κ3) is 4.16. The molecule has 0 bridgehead atoms. The first-order chi connectivity index (χ1) is 4.34. The third-order valence-electron chi connectivity index (χ3n) is 2.19. The number of halogens is 2. The van der Waals surface area contributed by atoms with Gasteiger partial charge in [0.2, 0.25) is 0 Å². The Balaban J connectivity index is 0. The Morgan fingerprint density at radius 3 is 2.36 bits per heavy atom. The molecule has 1 aliphatic rings. The predicted molar refractivity (Wildman–Crippen MR) is 53.8 cm³/mol. The fourth-order valence-electron chi connectivity index (χ4n) is 1.44. The lowest BCUT2D eigenvalue weighted by Gasteiger charge is -2.31. The van der Waals surface area contributed by atoms with Crippen LogP contribution in [-0.2, 0) is 0 Å². The van der Waals surface area contributed by atoms with Crippen molar-refractivity contribution in [2.75, 3.05) is 20.1 Å². The lowest BCUT2D eigenvalue weighted by Crippen LogP contribution is -2.41. The van der Waals surface area contributed by atoms with Crippen molar-refractivity contribution in [3.8, 4) is 0 Å². The summed E-state index contributed by atoms with van der Waals surface area (Å²) in [5.41, 5.74) is 5.55. The highest BCUT2D eigenvalue weighted by Crippen LogP contribution is 2.12. The van der Waals surface area contributed by atoms with E-state index in [1.807, 2.05) is 0 Å². The van der Waals surface area contributed by atoms with E-state index in [1.165, 1.54) is 25.8 Å². The highest BCUT2D eigenvalue weighted by atomic mass is 35.5. The van der Waals surface area contributed by atoms with Crippen molar-refractivity contribution in [3.63, 3.8) is 0 Å². The Hall–Kier alpha value is 0.500. The lowest BCUT2D eigenvalue weighted by atomic mass is 10.0. The number of likely N-dealkylation sites (N-methyl/N-ethyl adjacent to an activating group) is 1. The molecule has 0 spiro atoms. The van der Waals surface area contributed by atoms with Crippen LogP contribution in [0.1, 0.15) is 19.3 Å². The molecule has 1 saturated heterocycles. The van der Waals surface area contributed by atoms with Crippen molar-refractivity contribution in [3.05, 3.63) is 0 Å². The monoisotopic (exact) mass is 200 g/mol. The summed E-state index contributed by atoms with van der Waals surface area (Å²) in [6.07, 6.45) is 4.02. The normalized spacial score (nSPS) is 25.1. The number of nitrogens with zero attached hydrogens (tertiary/aromatic N) is 1. The summed E-state index contributed by atoms with van der Waals surface area (Å²) >= 11 is 0. The van der Waals surface area contributed by atoms with Gasteiger partial charge in [0, 0.05) is 12.6 Å². The van der Waals surface area contributed by atoms with Gasteiger partial charge in [0.15, 0.2) is 0 Å². The zero-order valence-corrected chi connectivity index (χ0v) is 8.59. The summed E-state index contributed by atoms with van der Waals surface area (Å²) in [5.74, 6) is 0. The highest BCUT2D eigenvalue weighted by molar-refractivity contribution is 5.85. The van der Waals surface area contributed by atoms with E-state index in [2.05, 4.69) is 11.9 Å². The first kappa shape index (κ1) is 14.0. The van der Waals surface area contributed by atoms with Crippen molar-refractivity contribution in [1.82, 2.24) is 4.90 Å². The molecule has 0 aromatic carbocycles. The van der Waals surface area contributed by atoms with Crippen LogP contribution in [0.3, 0.4) is 0 Å². The molecule has 0 amide bonds. The third-order valence-corrected chi connectivity index (χ3v) is 2.19. The minimum Gasteiger partial charge on any atom is -0.329 e. The van der Waals surface area contributed by atoms with Crippen LogP contribution in [-0.4, -0.2) is 31.1 Å². The topological polar surface area (TPSA) is 29.3 Å². The van der Waals surface area contributed by atoms with Gasteiger partial charge in [0.1, 0.15) is 0 Å². The summed E-state index contributed by atoms with van der Waals surface area (Å²) in [4.78, 5) is 2.36. The van der Waals surface area contributed by atoms with Gasteiger partial charge in [-0.2, -0.15) is 0 Å². The van der Waals surface area contributed by atoms with E-state index in [0.29, 0.717) is 6.04 Å². The van der Waals surface area contributed by atoms with Gasteiger partial charge in [0.05, 0.1) is 0 Å². The maximum absolute atomic E-state index is 5.55. The van der Waals surface area contributed by atoms with Crippen LogP contribution in [0.4, 0.5) is 0 Å². The molecule has 1 aliphatic heterocycles. The fraction of sp³-hybridized carbons (Fsp3) is 1.00. The van der Waals surface area contributed by atoms with Crippen LogP contribution in [0.15, 0.2) is 0 Å². The molecule has 1 heterocycles. The highest BCUT2D eigenvalue weighted by Gasteiger charge is 2.15. The smallest absolute Gasteiger partial charge is 0.0215 e. The van der Waals surface area contributed by atoms with Gasteiger partial charge in [-0.1, -0.05) is 6.42 Å². The van der Waals surface area contributed by atoms with Gasteiger partial charge in [-0.15, -0.1) is 24.8 Å². The molecular weight excluding hydrogens is 183 g/mol. The van der Waals surface area contributed by atoms with Crippen LogP contribution in [0, 0.1) is 0 Å². The van der Waals surface area contributed by atoms with Gasteiger partial charge in [0.25, 0.3) is 0 Å². The van der Waals surface area contributed by atoms with Gasteiger partial charge >= 0.3 is 0 Å². The van der Waals surface area contributed by atoms with Crippen LogP contribution in [0.5, 0.6) is 0 Å². The average Bonchev–Trinajstić information content (AvgIpc) is 1.89. The van der Waals surface area contributed by atoms with Crippen LogP contribution in [0.2, 0.25) is 0 Å². The second-order valence-electron chi connectivity index (χ2n) is 2.87. The summed E-state index contributed by atoms with van der Waals surface area (Å²) in [6.45, 7) is 2.07. The van der Waals surface area contributed by atoms with E-state index in [4.69, 9.17) is 5.73 Å². The molecule has 0 aromatic heterocycles. The predicted octanol–water partition coefficient (Wildman–Crippen LogP) is 1.27. The van der Waals surface area contributed by atoms with Crippen LogP contribution in [0.25, 0.3) is 0 Å². The molecule has 2 nitrogen and oxygen atoms in total. The number of likely N-dealkylation sites (tertiary alicyclic amines) is 1. The van der Waals surface area contributed by atoms with Crippen LogP contribution < -0.4 is 5.73 Å². The fourth-order valence-corrected chi connectivity index (χ4v) is 1.44. The zero-order valence-electron chi connectivity index (χ0n) is 6.95. The molecule has 1 atom stereocenters. The molecule has 1 fully saturated rings. The second kappa shape index (κ2) is 7.17. The van der Waals surface area contributed by atoms with Crippen molar-refractivity contribution < 1.29 is 0 Å². The maximum atomic E-state index is 5.55. The summed E-state index contributed by atoms with van der Waals surface area (Å²) < 4.78 is 0. The number of piperidine rings is 1. The number of hydrogen-bond donors (Lipinski definition) is 1. The molecule has 0 unspecified atom stereocenters. The van der Waals surface area contributed by atoms with Gasteiger partial charge in [-0.3, -0.25) is 0 Å². The Bertz CT molecular complexity index is 90.5. The molecule has 0 aliphatic carbocycles. The van der Waals surface area contributed by atoms with Crippen molar-refractivity contribution in [1.29, 1.82) is 0 Å². The second-order valence-corrected chi connectivity index (χ2v) is 2.87. The Morgan fingerprint density at radius 1 is 1.36 bits per heavy atom. The van der Waals surface area contributed by atoms with E-state index < -0.39 is 0 Å². The zero-order chi connectivity index (χ0) is 6.69. The molecule has 0 saturated carbocycles. The largest absolute Gasteiger partial charge is 0.329 e. The molecule has 0 radical (unpaired) electrons. The van der Waals surface area contributed by atoms with Crippen LogP contribution >= 0.6 is 24.8 Å². The quantitative estimate of drug-likeness (QED) is 0.692. The van der Waals surface area contributed by atoms with Crippen molar-refractivity contribution in [2.24, 2.45) is 5.73 Å². The lowest BCUT2D eigenvalue weighted by molar-refractivity contribution is 0.191. The SMILES string of the molecule is CN1CCCC[C@@H]1CN.Cl.Cl. The van der Waals surface area contributed by atoms with Crippen molar-refractivity contribution in [2.45, 2.75) is 25.3 Å². The number of hydrogen-bond acceptors (Lipinski definition) is 2. The van der Waals surface area contributed by atoms with E-state index in [9.17, 15) is 0 Å². The first-order valence-electron chi connectivity index (χ1n) is 3.75. The van der Waals surface area contributed by atoms with Crippen molar-refractivity contribution >= 4 is 24.8 Å². The Morgan fingerprint density at radius 2 is 2.00 bits per heavy atom. The van der Waals surface area contributed by atoms with Gasteiger partial charge in [-0.05, 0) is 26.4 Å². The van der Waals surface area contributed by atoms with E-state index in [0.717, 1.165) is 6.54 Å². The minimum atomic E-state index is 0. The summed E-state index contributed by atoms with van der Waals surface area (Å²) in [5, 5.41) is 0. The molecule has 70 valence electrons. The van der Waals surface area contributed by atoms with Gasteiger partial charge in [-0.25, -0.2) is 0 Å². The Labute approximate surface area is 81.3 Å². The number of rotatable bonds is 1. The Kier molecular flexibility index (Phi) is 9.15. The summed E-state index contributed by atoms with van der Waals surface area (Å²) in [7, 11) is 2.16. The molecule has 4 heteroatoms. The van der Waals surface area contributed by atoms with E-state index in [1.54, 1.807) is 0 Å². The standard InChI is InChI=1S/C7H16N2.2ClH/c1-9-5-3-2-4-7(9)6-8;;/h7H,2-6,8H2,1H3;2*1H/t7-;;/m1../s1. The molecular formula is C7H18Cl2N2. The summed E-state index contributed by atoms with van der Waals surface area (Å²) in [6, 6.07) is 0.666. The first-order valence-corrected chi connectivity index (χ1v) is 3.75. The molecule has 2 N–H and O–H groups in total. The molecule has 0 aromatic rings. The van der Waals surface area contributed by atoms with Gasteiger partial charge < -0.3 is 10.6 Å². The number of nitrogens with two attached hydrogens (primary N) is 1.